The molecule has 1 aliphatic carbocycles. The number of carbonyl (C=O) groups excluding carboxylic acids is 1. The van der Waals surface area contributed by atoms with Gasteiger partial charge in [-0.1, -0.05) is 12.8 Å². The van der Waals surface area contributed by atoms with Crippen LogP contribution in [0.4, 0.5) is 10.6 Å². The molecule has 116 valence electrons. The molecule has 0 spiro atoms. The second-order valence-electron chi connectivity index (χ2n) is 5.31. The molecular formula is C15H13N5O2S. The molecule has 3 aromatic rings. The molecule has 1 fully saturated rings. The molecular weight excluding hydrogens is 314 g/mol. The molecule has 3 heterocycles. The molecule has 0 radical (unpaired) electrons. The van der Waals surface area contributed by atoms with Crippen molar-refractivity contribution in [1.29, 1.82) is 0 Å². The molecule has 8 heteroatoms. The maximum Gasteiger partial charge on any atom is 0.333 e. The van der Waals surface area contributed by atoms with Crippen LogP contribution in [0.2, 0.25) is 0 Å². The summed E-state index contributed by atoms with van der Waals surface area (Å²) in [6, 6.07) is 5.19. The Morgan fingerprint density at radius 2 is 2.17 bits per heavy atom. The van der Waals surface area contributed by atoms with Gasteiger partial charge in [0.25, 0.3) is 0 Å². The predicted molar refractivity (Wildman–Crippen MR) is 87.9 cm³/mol. The van der Waals surface area contributed by atoms with E-state index in [4.69, 9.17) is 4.42 Å². The number of furan rings is 1. The summed E-state index contributed by atoms with van der Waals surface area (Å²) in [5.74, 6) is 0.417. The second-order valence-corrected chi connectivity index (χ2v) is 5.74. The fourth-order valence-electron chi connectivity index (χ4n) is 2.17. The van der Waals surface area contributed by atoms with Crippen LogP contribution in [0.5, 0.6) is 0 Å². The highest BCUT2D eigenvalue weighted by molar-refractivity contribution is 7.78. The van der Waals surface area contributed by atoms with Crippen molar-refractivity contribution in [3.8, 4) is 11.3 Å². The quantitative estimate of drug-likeness (QED) is 0.722. The number of anilines is 1. The lowest BCUT2D eigenvalue weighted by Gasteiger charge is -2.15. The van der Waals surface area contributed by atoms with Crippen molar-refractivity contribution in [3.05, 3.63) is 36.9 Å². The average molecular weight is 327 g/mol. The molecule has 1 N–H and O–H groups in total. The Hall–Kier alpha value is -2.61. The van der Waals surface area contributed by atoms with Crippen molar-refractivity contribution in [3.63, 3.8) is 0 Å². The zero-order valence-electron chi connectivity index (χ0n) is 12.0. The maximum absolute atomic E-state index is 12.0. The van der Waals surface area contributed by atoms with Crippen LogP contribution in [0.15, 0.2) is 41.3 Å². The number of thiol groups is 1. The zero-order valence-corrected chi connectivity index (χ0v) is 12.9. The monoisotopic (exact) mass is 327 g/mol. The number of aromatic nitrogens is 3. The highest BCUT2D eigenvalue weighted by atomic mass is 32.1. The Morgan fingerprint density at radius 1 is 1.30 bits per heavy atom. The van der Waals surface area contributed by atoms with Gasteiger partial charge in [0.1, 0.15) is 11.3 Å². The summed E-state index contributed by atoms with van der Waals surface area (Å²) in [7, 11) is 0. The van der Waals surface area contributed by atoms with E-state index in [0.29, 0.717) is 22.7 Å². The summed E-state index contributed by atoms with van der Waals surface area (Å²) < 4.78 is 6.46. The van der Waals surface area contributed by atoms with Gasteiger partial charge in [-0.2, -0.15) is 0 Å². The number of fused-ring (bicyclic) bond motifs is 1. The van der Waals surface area contributed by atoms with E-state index in [0.717, 1.165) is 18.4 Å². The van der Waals surface area contributed by atoms with Gasteiger partial charge in [-0.25, -0.2) is 14.8 Å². The third-order valence-corrected chi connectivity index (χ3v) is 4.07. The van der Waals surface area contributed by atoms with Gasteiger partial charge in [0.2, 0.25) is 0 Å². The van der Waals surface area contributed by atoms with Crippen LogP contribution in [-0.2, 0) is 0 Å². The standard InChI is InChI=1S/C15H13N5O2S/c21-15(20(23)10-1-2-10)19-13-4-3-11-14(18-13)17-12(7-16-11)9-5-6-22-8-9/h3-8,10,23H,1-2H2,(H,17,18,19,21). The summed E-state index contributed by atoms with van der Waals surface area (Å²) in [5.41, 5.74) is 2.60. The fraction of sp³-hybridized carbons (Fsp3) is 0.200. The van der Waals surface area contributed by atoms with E-state index in [2.05, 4.69) is 33.1 Å². The van der Waals surface area contributed by atoms with Gasteiger partial charge in [-0.05, 0) is 31.0 Å². The van der Waals surface area contributed by atoms with Crippen molar-refractivity contribution in [1.82, 2.24) is 19.3 Å². The van der Waals surface area contributed by atoms with Crippen LogP contribution in [0.25, 0.3) is 22.4 Å². The van der Waals surface area contributed by atoms with Crippen LogP contribution in [-0.4, -0.2) is 31.3 Å². The number of hydrogen-bond donors (Lipinski definition) is 2. The minimum atomic E-state index is -0.290. The van der Waals surface area contributed by atoms with Crippen molar-refractivity contribution in [2.45, 2.75) is 18.9 Å². The van der Waals surface area contributed by atoms with Crippen molar-refractivity contribution in [2.24, 2.45) is 0 Å². The zero-order chi connectivity index (χ0) is 15.8. The smallest absolute Gasteiger partial charge is 0.333 e. The molecule has 0 atom stereocenters. The second kappa shape index (κ2) is 5.54. The Kier molecular flexibility index (Phi) is 3.38. The Balaban J connectivity index is 1.62. The molecule has 3 aromatic heterocycles. The van der Waals surface area contributed by atoms with Gasteiger partial charge in [-0.15, -0.1) is 0 Å². The number of hydrogen-bond acceptors (Lipinski definition) is 6. The molecule has 0 saturated heterocycles. The Bertz CT molecular complexity index is 863. The summed E-state index contributed by atoms with van der Waals surface area (Å²) in [4.78, 5) is 25.2. The lowest BCUT2D eigenvalue weighted by molar-refractivity contribution is 0.238. The molecule has 23 heavy (non-hydrogen) atoms. The van der Waals surface area contributed by atoms with Crippen LogP contribution in [0.3, 0.4) is 0 Å². The van der Waals surface area contributed by atoms with Crippen LogP contribution < -0.4 is 5.32 Å². The lowest BCUT2D eigenvalue weighted by Crippen LogP contribution is -2.29. The van der Waals surface area contributed by atoms with Gasteiger partial charge in [0.15, 0.2) is 5.65 Å². The molecule has 1 aliphatic rings. The van der Waals surface area contributed by atoms with Gasteiger partial charge < -0.3 is 4.42 Å². The molecule has 0 unspecified atom stereocenters. The Morgan fingerprint density at radius 3 is 2.91 bits per heavy atom. The molecule has 4 rings (SSSR count). The van der Waals surface area contributed by atoms with E-state index in [1.54, 1.807) is 36.9 Å². The number of nitrogens with one attached hydrogen (secondary N) is 1. The maximum atomic E-state index is 12.0. The number of pyridine rings is 1. The number of carbonyl (C=O) groups is 1. The van der Waals surface area contributed by atoms with Gasteiger partial charge in [0.05, 0.1) is 24.4 Å². The fourth-order valence-corrected chi connectivity index (χ4v) is 2.45. The van der Waals surface area contributed by atoms with Gasteiger partial charge in [0, 0.05) is 11.6 Å². The minimum Gasteiger partial charge on any atom is -0.472 e. The largest absolute Gasteiger partial charge is 0.472 e. The van der Waals surface area contributed by atoms with Crippen molar-refractivity contribution >= 4 is 35.8 Å². The lowest BCUT2D eigenvalue weighted by atomic mass is 10.2. The number of nitrogens with zero attached hydrogens (tertiary/aromatic N) is 4. The van der Waals surface area contributed by atoms with E-state index >= 15 is 0 Å². The minimum absolute atomic E-state index is 0.214. The first-order valence-electron chi connectivity index (χ1n) is 7.16. The third-order valence-electron chi connectivity index (χ3n) is 3.56. The topological polar surface area (TPSA) is 84.2 Å². The van der Waals surface area contributed by atoms with Crippen LogP contribution >= 0.6 is 12.8 Å². The molecule has 2 amide bonds. The number of urea groups is 1. The normalized spacial score (nSPS) is 14.0. The van der Waals surface area contributed by atoms with E-state index < -0.39 is 0 Å². The first-order chi connectivity index (χ1) is 11.2. The summed E-state index contributed by atoms with van der Waals surface area (Å²) in [6.07, 6.45) is 6.80. The van der Waals surface area contributed by atoms with Crippen LogP contribution in [0.1, 0.15) is 12.8 Å². The molecule has 1 saturated carbocycles. The highest BCUT2D eigenvalue weighted by Gasteiger charge is 2.30. The van der Waals surface area contributed by atoms with Gasteiger partial charge in [-0.3, -0.25) is 14.6 Å². The number of amides is 2. The first-order valence-corrected chi connectivity index (χ1v) is 7.56. The number of rotatable bonds is 3. The predicted octanol–water partition coefficient (Wildman–Crippen LogP) is 3.13. The van der Waals surface area contributed by atoms with Crippen molar-refractivity contribution in [2.75, 3.05) is 5.32 Å². The first kappa shape index (κ1) is 14.0. The van der Waals surface area contributed by atoms with E-state index in [1.165, 1.54) is 4.31 Å². The highest BCUT2D eigenvalue weighted by Crippen LogP contribution is 2.28. The van der Waals surface area contributed by atoms with Gasteiger partial charge >= 0.3 is 6.03 Å². The summed E-state index contributed by atoms with van der Waals surface area (Å²) >= 11 is 4.20. The van der Waals surface area contributed by atoms with Crippen molar-refractivity contribution < 1.29 is 9.21 Å². The molecule has 0 aromatic carbocycles. The van der Waals surface area contributed by atoms with Crippen LogP contribution in [0, 0.1) is 0 Å². The summed E-state index contributed by atoms with van der Waals surface area (Å²) in [6.45, 7) is 0. The van der Waals surface area contributed by atoms with E-state index in [1.807, 2.05) is 0 Å². The summed E-state index contributed by atoms with van der Waals surface area (Å²) in [5, 5.41) is 2.72. The van der Waals surface area contributed by atoms with E-state index in [-0.39, 0.29) is 12.1 Å². The molecule has 7 nitrogen and oxygen atoms in total. The SMILES string of the molecule is O=C(Nc1ccc2ncc(-c3ccoc3)nc2n1)N(S)C1CC1. The Labute approximate surface area is 137 Å². The third kappa shape index (κ3) is 2.85. The average Bonchev–Trinajstić information content (AvgIpc) is 3.27. The van der Waals surface area contributed by atoms with E-state index in [9.17, 15) is 4.79 Å². The molecule has 0 aliphatic heterocycles. The molecule has 0 bridgehead atoms.